The minimum absolute atomic E-state index is 0.130. The van der Waals surface area contributed by atoms with Crippen molar-refractivity contribution in [2.75, 3.05) is 26.2 Å². The van der Waals surface area contributed by atoms with Gasteiger partial charge in [-0.1, -0.05) is 13.0 Å². The van der Waals surface area contributed by atoms with Crippen molar-refractivity contribution in [3.05, 3.63) is 29.6 Å². The summed E-state index contributed by atoms with van der Waals surface area (Å²) >= 11 is 1.65. The van der Waals surface area contributed by atoms with Crippen LogP contribution in [0.15, 0.2) is 28.1 Å². The van der Waals surface area contributed by atoms with Crippen molar-refractivity contribution in [2.24, 2.45) is 0 Å². The summed E-state index contributed by atoms with van der Waals surface area (Å²) in [7, 11) is 0. The van der Waals surface area contributed by atoms with Gasteiger partial charge in [-0.15, -0.1) is 11.3 Å². The summed E-state index contributed by atoms with van der Waals surface area (Å²) in [6.07, 6.45) is 3.76. The number of nitrogens with zero attached hydrogens (tertiary/aromatic N) is 3. The van der Waals surface area contributed by atoms with Gasteiger partial charge >= 0.3 is 5.97 Å². The zero-order valence-corrected chi connectivity index (χ0v) is 14.7. The highest BCUT2D eigenvalue weighted by Crippen LogP contribution is 2.26. The molecule has 0 bridgehead atoms. The predicted octanol–water partition coefficient (Wildman–Crippen LogP) is 2.77. The van der Waals surface area contributed by atoms with Crippen molar-refractivity contribution in [3.63, 3.8) is 0 Å². The third kappa shape index (κ3) is 4.23. The summed E-state index contributed by atoms with van der Waals surface area (Å²) in [4.78, 5) is 20.8. The van der Waals surface area contributed by atoms with E-state index in [9.17, 15) is 4.79 Å². The Balaban J connectivity index is 1.51. The van der Waals surface area contributed by atoms with Gasteiger partial charge in [-0.3, -0.25) is 14.6 Å². The molecule has 130 valence electrons. The highest BCUT2D eigenvalue weighted by Gasteiger charge is 2.25. The fourth-order valence-corrected chi connectivity index (χ4v) is 3.89. The number of piperidine rings is 1. The summed E-state index contributed by atoms with van der Waals surface area (Å²) in [6, 6.07) is 4.39. The van der Waals surface area contributed by atoms with Crippen LogP contribution in [-0.4, -0.2) is 58.1 Å². The molecule has 0 unspecified atom stereocenters. The average molecular weight is 349 g/mol. The summed E-state index contributed by atoms with van der Waals surface area (Å²) in [5, 5.41) is 11.0. The van der Waals surface area contributed by atoms with Gasteiger partial charge in [0.25, 0.3) is 0 Å². The number of aromatic nitrogens is 1. The molecule has 1 aliphatic rings. The lowest BCUT2D eigenvalue weighted by Gasteiger charge is -2.36. The monoisotopic (exact) mass is 349 g/mol. The number of aliphatic carboxylic acids is 1. The Hall–Kier alpha value is -1.70. The fourth-order valence-electron chi connectivity index (χ4n) is 3.22. The maximum absolute atomic E-state index is 10.9. The van der Waals surface area contributed by atoms with Crippen LogP contribution >= 0.6 is 11.3 Å². The highest BCUT2D eigenvalue weighted by atomic mass is 32.1. The van der Waals surface area contributed by atoms with Crippen LogP contribution in [0.2, 0.25) is 0 Å². The summed E-state index contributed by atoms with van der Waals surface area (Å²) < 4.78 is 5.85. The molecule has 1 fully saturated rings. The second kappa shape index (κ2) is 7.92. The number of thiophene rings is 1. The largest absolute Gasteiger partial charge is 0.480 e. The summed E-state index contributed by atoms with van der Waals surface area (Å²) in [5.41, 5.74) is 0. The molecule has 0 spiro atoms. The number of carbonyl (C=O) groups is 1. The lowest BCUT2D eigenvalue weighted by molar-refractivity contribution is -0.139. The highest BCUT2D eigenvalue weighted by molar-refractivity contribution is 7.13. The molecule has 1 aliphatic heterocycles. The van der Waals surface area contributed by atoms with E-state index in [1.54, 1.807) is 17.5 Å². The molecule has 0 amide bonds. The smallest absolute Gasteiger partial charge is 0.317 e. The number of hydrogen-bond donors (Lipinski definition) is 1. The number of hydrogen-bond acceptors (Lipinski definition) is 6. The van der Waals surface area contributed by atoms with E-state index in [2.05, 4.69) is 14.8 Å². The number of carboxylic acid groups (broad SMARTS) is 1. The lowest BCUT2D eigenvalue weighted by Crippen LogP contribution is -2.46. The van der Waals surface area contributed by atoms with Crippen LogP contribution in [0.1, 0.15) is 25.7 Å². The molecule has 0 radical (unpaired) electrons. The molecule has 24 heavy (non-hydrogen) atoms. The molecule has 3 rings (SSSR count). The van der Waals surface area contributed by atoms with Gasteiger partial charge in [-0.05, 0) is 30.8 Å². The minimum Gasteiger partial charge on any atom is -0.480 e. The molecule has 2 aromatic rings. The maximum Gasteiger partial charge on any atom is 0.317 e. The third-order valence-electron chi connectivity index (χ3n) is 4.49. The summed E-state index contributed by atoms with van der Waals surface area (Å²) in [5.74, 6) is 0.823. The zero-order chi connectivity index (χ0) is 16.9. The van der Waals surface area contributed by atoms with Crippen molar-refractivity contribution in [1.29, 1.82) is 0 Å². The van der Waals surface area contributed by atoms with Gasteiger partial charge in [0, 0.05) is 19.1 Å². The van der Waals surface area contributed by atoms with Gasteiger partial charge < -0.3 is 9.52 Å². The Morgan fingerprint density at radius 3 is 2.92 bits per heavy atom. The van der Waals surface area contributed by atoms with Crippen LogP contribution in [0.25, 0.3) is 10.6 Å². The lowest BCUT2D eigenvalue weighted by atomic mass is 10.0. The van der Waals surface area contributed by atoms with E-state index in [4.69, 9.17) is 9.52 Å². The number of likely N-dealkylation sites (tertiary alicyclic amines) is 1. The SMILES string of the molecule is CCN(CC(=O)O)C1CCN(Cc2ncc(-c3cccs3)o2)CC1. The van der Waals surface area contributed by atoms with Gasteiger partial charge in [-0.2, -0.15) is 0 Å². The van der Waals surface area contributed by atoms with E-state index in [1.807, 2.05) is 24.4 Å². The number of oxazole rings is 1. The molecule has 3 heterocycles. The van der Waals surface area contributed by atoms with Crippen molar-refractivity contribution in [1.82, 2.24) is 14.8 Å². The normalized spacial score (nSPS) is 16.8. The van der Waals surface area contributed by atoms with Crippen molar-refractivity contribution in [2.45, 2.75) is 32.4 Å². The van der Waals surface area contributed by atoms with Gasteiger partial charge in [-0.25, -0.2) is 4.98 Å². The Morgan fingerprint density at radius 1 is 1.50 bits per heavy atom. The number of rotatable bonds is 7. The van der Waals surface area contributed by atoms with Crippen molar-refractivity contribution >= 4 is 17.3 Å². The van der Waals surface area contributed by atoms with Crippen LogP contribution < -0.4 is 0 Å². The van der Waals surface area contributed by atoms with Crippen LogP contribution in [0.4, 0.5) is 0 Å². The average Bonchev–Trinajstić information content (AvgIpc) is 3.24. The first-order valence-electron chi connectivity index (χ1n) is 8.32. The van der Waals surface area contributed by atoms with Crippen LogP contribution in [0.3, 0.4) is 0 Å². The second-order valence-corrected chi connectivity index (χ2v) is 7.01. The Labute approximate surface area is 145 Å². The molecule has 0 aliphatic carbocycles. The molecule has 2 aromatic heterocycles. The topological polar surface area (TPSA) is 69.8 Å². The first kappa shape index (κ1) is 17.1. The first-order chi connectivity index (χ1) is 11.7. The summed E-state index contributed by atoms with van der Waals surface area (Å²) in [6.45, 7) is 5.53. The van der Waals surface area contributed by atoms with Crippen molar-refractivity contribution < 1.29 is 14.3 Å². The van der Waals surface area contributed by atoms with E-state index < -0.39 is 5.97 Å². The number of carboxylic acids is 1. The molecule has 0 saturated carbocycles. The zero-order valence-electron chi connectivity index (χ0n) is 13.9. The van der Waals surface area contributed by atoms with E-state index in [1.165, 1.54) is 0 Å². The standard InChI is InChI=1S/C17H23N3O3S/c1-2-20(12-17(21)22)13-5-7-19(8-6-13)11-16-18-10-14(23-16)15-4-3-9-24-15/h3-4,9-10,13H,2,5-8,11-12H2,1H3,(H,21,22). The molecule has 0 atom stereocenters. The van der Waals surface area contributed by atoms with Crippen LogP contribution in [0.5, 0.6) is 0 Å². The van der Waals surface area contributed by atoms with Crippen molar-refractivity contribution in [3.8, 4) is 10.6 Å². The van der Waals surface area contributed by atoms with Gasteiger partial charge in [0.2, 0.25) is 5.89 Å². The van der Waals surface area contributed by atoms with Gasteiger partial charge in [0.05, 0.1) is 24.2 Å². The quantitative estimate of drug-likeness (QED) is 0.829. The van der Waals surface area contributed by atoms with E-state index in [0.29, 0.717) is 12.6 Å². The van der Waals surface area contributed by atoms with Crippen LogP contribution in [-0.2, 0) is 11.3 Å². The second-order valence-electron chi connectivity index (χ2n) is 6.06. The molecular formula is C17H23N3O3S. The molecule has 1 saturated heterocycles. The minimum atomic E-state index is -0.750. The predicted molar refractivity (Wildman–Crippen MR) is 93.0 cm³/mol. The van der Waals surface area contributed by atoms with E-state index >= 15 is 0 Å². The molecule has 7 heteroatoms. The maximum atomic E-state index is 10.9. The molecular weight excluding hydrogens is 326 g/mol. The Morgan fingerprint density at radius 2 is 2.29 bits per heavy atom. The fraction of sp³-hybridized carbons (Fsp3) is 0.529. The molecule has 1 N–H and O–H groups in total. The van der Waals surface area contributed by atoms with Gasteiger partial charge in [0.1, 0.15) is 0 Å². The molecule has 6 nitrogen and oxygen atoms in total. The number of likely N-dealkylation sites (N-methyl/N-ethyl adjacent to an activating group) is 1. The first-order valence-corrected chi connectivity index (χ1v) is 9.20. The third-order valence-corrected chi connectivity index (χ3v) is 5.38. The van der Waals surface area contributed by atoms with E-state index in [-0.39, 0.29) is 6.54 Å². The van der Waals surface area contributed by atoms with Gasteiger partial charge in [0.15, 0.2) is 5.76 Å². The van der Waals surface area contributed by atoms with Crippen LogP contribution in [0, 0.1) is 0 Å². The Bertz CT molecular complexity index is 648. The Kier molecular flexibility index (Phi) is 5.65. The molecule has 0 aromatic carbocycles. The van der Waals surface area contributed by atoms with E-state index in [0.717, 1.165) is 49.0 Å².